The van der Waals surface area contributed by atoms with E-state index in [1.165, 1.54) is 0 Å². The number of hydrogen-bond donors (Lipinski definition) is 2. The van der Waals surface area contributed by atoms with Crippen LogP contribution >= 0.6 is 0 Å². The third-order valence-electron chi connectivity index (χ3n) is 3.81. The zero-order chi connectivity index (χ0) is 17.3. The van der Waals surface area contributed by atoms with E-state index < -0.39 is 29.7 Å². The van der Waals surface area contributed by atoms with Gasteiger partial charge in [-0.25, -0.2) is 0 Å². The van der Waals surface area contributed by atoms with Crippen molar-refractivity contribution < 1.29 is 19.2 Å². The zero-order valence-corrected chi connectivity index (χ0v) is 12.5. The average Bonchev–Trinajstić information content (AvgIpc) is 2.83. The lowest BCUT2D eigenvalue weighted by Gasteiger charge is -2.28. The summed E-state index contributed by atoms with van der Waals surface area (Å²) >= 11 is 0. The van der Waals surface area contributed by atoms with Gasteiger partial charge in [0.2, 0.25) is 11.8 Å². The molecule has 2 aliphatic rings. The van der Waals surface area contributed by atoms with Crippen molar-refractivity contribution in [1.29, 1.82) is 0 Å². The van der Waals surface area contributed by atoms with Crippen LogP contribution in [0.5, 0.6) is 0 Å². The number of carbonyl (C=O) groups is 4. The molecule has 3 rings (SSSR count). The van der Waals surface area contributed by atoms with Crippen LogP contribution in [0.1, 0.15) is 18.4 Å². The second-order valence-corrected chi connectivity index (χ2v) is 5.38. The van der Waals surface area contributed by atoms with Crippen LogP contribution in [0, 0.1) is 12.3 Å². The molecule has 0 aromatic heterocycles. The van der Waals surface area contributed by atoms with Crippen LogP contribution in [-0.4, -0.2) is 34.6 Å². The molecule has 7 heteroatoms. The van der Waals surface area contributed by atoms with Crippen LogP contribution in [0.2, 0.25) is 0 Å². The van der Waals surface area contributed by atoms with Crippen molar-refractivity contribution in [2.45, 2.75) is 18.9 Å². The fourth-order valence-electron chi connectivity index (χ4n) is 2.60. The Morgan fingerprint density at radius 2 is 1.88 bits per heavy atom. The molecule has 0 aliphatic carbocycles. The smallest absolute Gasteiger partial charge is 0.278 e. The van der Waals surface area contributed by atoms with Crippen molar-refractivity contribution in [2.24, 2.45) is 0 Å². The summed E-state index contributed by atoms with van der Waals surface area (Å²) in [6, 6.07) is 5.79. The van der Waals surface area contributed by atoms with Gasteiger partial charge in [-0.2, -0.15) is 0 Å². The van der Waals surface area contributed by atoms with E-state index in [9.17, 15) is 19.2 Å². The summed E-state index contributed by atoms with van der Waals surface area (Å²) < 4.78 is 0. The van der Waals surface area contributed by atoms with E-state index in [1.54, 1.807) is 24.3 Å². The van der Waals surface area contributed by atoms with Gasteiger partial charge in [0, 0.05) is 23.7 Å². The Kier molecular flexibility index (Phi) is 3.88. The molecule has 24 heavy (non-hydrogen) atoms. The van der Waals surface area contributed by atoms with E-state index in [-0.39, 0.29) is 18.5 Å². The number of amides is 4. The number of hydrogen-bond acceptors (Lipinski definition) is 5. The molecule has 2 heterocycles. The van der Waals surface area contributed by atoms with Gasteiger partial charge in [-0.15, -0.1) is 6.42 Å². The molecular formula is C17H13N3O4. The predicted octanol–water partition coefficient (Wildman–Crippen LogP) is 0.138. The molecule has 0 spiro atoms. The first-order valence-electron chi connectivity index (χ1n) is 7.26. The lowest BCUT2D eigenvalue weighted by Crippen LogP contribution is -2.54. The van der Waals surface area contributed by atoms with Crippen LogP contribution in [0.25, 0.3) is 0 Å². The quantitative estimate of drug-likeness (QED) is 0.609. The SMILES string of the molecule is C#Cc1ccc(NC2=CC(=O)N(C3CCC(=O)NC3=O)C2=O)cc1. The van der Waals surface area contributed by atoms with Crippen LogP contribution < -0.4 is 10.6 Å². The Hall–Kier alpha value is -3.40. The van der Waals surface area contributed by atoms with Gasteiger partial charge in [-0.05, 0) is 30.7 Å². The number of imide groups is 2. The van der Waals surface area contributed by atoms with Gasteiger partial charge in [0.1, 0.15) is 11.7 Å². The second-order valence-electron chi connectivity index (χ2n) is 5.38. The minimum atomic E-state index is -0.970. The number of terminal acetylenes is 1. The first-order valence-corrected chi connectivity index (χ1v) is 7.26. The molecule has 0 radical (unpaired) electrons. The third kappa shape index (κ3) is 2.77. The Morgan fingerprint density at radius 1 is 1.17 bits per heavy atom. The largest absolute Gasteiger partial charge is 0.351 e. The number of rotatable bonds is 3. The predicted molar refractivity (Wildman–Crippen MR) is 84.1 cm³/mol. The number of piperidine rings is 1. The van der Waals surface area contributed by atoms with Crippen molar-refractivity contribution in [3.05, 3.63) is 41.6 Å². The fourth-order valence-corrected chi connectivity index (χ4v) is 2.60. The third-order valence-corrected chi connectivity index (χ3v) is 3.81. The van der Waals surface area contributed by atoms with Crippen LogP contribution in [0.3, 0.4) is 0 Å². The van der Waals surface area contributed by atoms with E-state index in [2.05, 4.69) is 16.6 Å². The van der Waals surface area contributed by atoms with Gasteiger partial charge in [0.25, 0.3) is 11.8 Å². The highest BCUT2D eigenvalue weighted by Crippen LogP contribution is 2.22. The standard InChI is InChI=1S/C17H13N3O4/c1-2-10-3-5-11(6-4-10)18-12-9-15(22)20(17(12)24)13-7-8-14(21)19-16(13)23/h1,3-6,9,13,18H,7-8H2,(H,19,21,23). The van der Waals surface area contributed by atoms with Crippen molar-refractivity contribution in [2.75, 3.05) is 5.32 Å². The summed E-state index contributed by atoms with van der Waals surface area (Å²) in [7, 11) is 0. The van der Waals surface area contributed by atoms with Crippen molar-refractivity contribution in [3.63, 3.8) is 0 Å². The summed E-state index contributed by atoms with van der Waals surface area (Å²) in [6.07, 6.45) is 6.63. The maximum Gasteiger partial charge on any atom is 0.278 e. The van der Waals surface area contributed by atoms with Crippen molar-refractivity contribution in [3.8, 4) is 12.3 Å². The first-order chi connectivity index (χ1) is 11.5. The number of benzene rings is 1. The van der Waals surface area contributed by atoms with Crippen molar-refractivity contribution >= 4 is 29.3 Å². The number of anilines is 1. The number of carbonyl (C=O) groups excluding carboxylic acids is 4. The normalized spacial score (nSPS) is 20.5. The number of nitrogens with zero attached hydrogens (tertiary/aromatic N) is 1. The van der Waals surface area contributed by atoms with Crippen LogP contribution in [0.15, 0.2) is 36.0 Å². The van der Waals surface area contributed by atoms with Crippen LogP contribution in [0.4, 0.5) is 5.69 Å². The summed E-state index contributed by atoms with van der Waals surface area (Å²) in [5, 5.41) is 4.99. The lowest BCUT2D eigenvalue weighted by molar-refractivity contribution is -0.149. The van der Waals surface area contributed by atoms with Gasteiger partial charge in [0.05, 0.1) is 0 Å². The zero-order valence-electron chi connectivity index (χ0n) is 12.5. The van der Waals surface area contributed by atoms with E-state index in [1.807, 2.05) is 0 Å². The molecule has 1 aromatic rings. The minimum Gasteiger partial charge on any atom is -0.351 e. The van der Waals surface area contributed by atoms with Gasteiger partial charge in [0.15, 0.2) is 0 Å². The van der Waals surface area contributed by atoms with Gasteiger partial charge >= 0.3 is 0 Å². The summed E-state index contributed by atoms with van der Waals surface area (Å²) in [6.45, 7) is 0. The molecule has 2 aliphatic heterocycles. The second kappa shape index (κ2) is 6.01. The highest BCUT2D eigenvalue weighted by Gasteiger charge is 2.42. The summed E-state index contributed by atoms with van der Waals surface area (Å²) in [5.74, 6) is 0.246. The van der Waals surface area contributed by atoms with Gasteiger partial charge < -0.3 is 5.32 Å². The average molecular weight is 323 g/mol. The Morgan fingerprint density at radius 3 is 2.50 bits per heavy atom. The Labute approximate surface area is 137 Å². The monoisotopic (exact) mass is 323 g/mol. The molecule has 1 saturated heterocycles. The highest BCUT2D eigenvalue weighted by atomic mass is 16.2. The molecule has 0 bridgehead atoms. The molecule has 1 unspecified atom stereocenters. The molecule has 7 nitrogen and oxygen atoms in total. The molecular weight excluding hydrogens is 310 g/mol. The maximum atomic E-state index is 12.4. The summed E-state index contributed by atoms with van der Waals surface area (Å²) in [5.41, 5.74) is 1.35. The minimum absolute atomic E-state index is 0.0677. The van der Waals surface area contributed by atoms with E-state index in [0.717, 1.165) is 11.0 Å². The van der Waals surface area contributed by atoms with Crippen LogP contribution in [-0.2, 0) is 19.2 Å². The number of nitrogens with one attached hydrogen (secondary N) is 2. The Bertz CT molecular complexity index is 817. The Balaban J connectivity index is 1.75. The maximum absolute atomic E-state index is 12.4. The molecule has 1 aromatic carbocycles. The molecule has 1 fully saturated rings. The topological polar surface area (TPSA) is 95.6 Å². The first kappa shape index (κ1) is 15.5. The molecule has 4 amide bonds. The van der Waals surface area contributed by atoms with Gasteiger partial charge in [-0.1, -0.05) is 5.92 Å². The van der Waals surface area contributed by atoms with E-state index in [4.69, 9.17) is 6.42 Å². The van der Waals surface area contributed by atoms with Crippen molar-refractivity contribution in [1.82, 2.24) is 10.2 Å². The van der Waals surface area contributed by atoms with E-state index >= 15 is 0 Å². The molecule has 120 valence electrons. The molecule has 0 saturated carbocycles. The fraction of sp³-hybridized carbons (Fsp3) is 0.176. The lowest BCUT2D eigenvalue weighted by atomic mass is 10.0. The summed E-state index contributed by atoms with van der Waals surface area (Å²) in [4.78, 5) is 48.5. The molecule has 2 N–H and O–H groups in total. The van der Waals surface area contributed by atoms with E-state index in [0.29, 0.717) is 11.3 Å². The highest BCUT2D eigenvalue weighted by molar-refractivity contribution is 6.20. The van der Waals surface area contributed by atoms with Gasteiger partial charge in [-0.3, -0.25) is 29.4 Å². The molecule has 1 atom stereocenters.